The van der Waals surface area contributed by atoms with Gasteiger partial charge in [-0.3, -0.25) is 4.79 Å². The van der Waals surface area contributed by atoms with Crippen molar-refractivity contribution in [1.82, 2.24) is 0 Å². The molecule has 0 heterocycles. The van der Waals surface area contributed by atoms with Crippen LogP contribution in [-0.2, 0) is 0 Å². The lowest BCUT2D eigenvalue weighted by molar-refractivity contribution is 0.101. The fourth-order valence-electron chi connectivity index (χ4n) is 2.67. The van der Waals surface area contributed by atoms with Crippen LogP contribution in [0.4, 0.5) is 5.69 Å². The molecular weight excluding hydrogens is 246 g/mol. The lowest BCUT2D eigenvalue weighted by Crippen LogP contribution is -2.33. The third-order valence-corrected chi connectivity index (χ3v) is 4.17. The van der Waals surface area contributed by atoms with Gasteiger partial charge in [0.1, 0.15) is 0 Å². The molecule has 0 unspecified atom stereocenters. The second kappa shape index (κ2) is 5.75. The van der Waals surface area contributed by atoms with E-state index in [1.54, 1.807) is 13.0 Å². The maximum atomic E-state index is 11.4. The highest BCUT2D eigenvalue weighted by molar-refractivity contribution is 6.33. The lowest BCUT2D eigenvalue weighted by atomic mass is 9.94. The molecule has 0 saturated heterocycles. The number of benzene rings is 1. The van der Waals surface area contributed by atoms with Gasteiger partial charge in [-0.15, -0.1) is 0 Å². The number of hydrogen-bond donors (Lipinski definition) is 0. The summed E-state index contributed by atoms with van der Waals surface area (Å²) in [4.78, 5) is 13.7. The highest BCUT2D eigenvalue weighted by Gasteiger charge is 2.20. The molecule has 1 aromatic carbocycles. The summed E-state index contributed by atoms with van der Waals surface area (Å²) in [7, 11) is 2.08. The Morgan fingerprint density at radius 3 is 2.56 bits per heavy atom. The Kier molecular flexibility index (Phi) is 4.28. The number of anilines is 1. The molecule has 2 nitrogen and oxygen atoms in total. The van der Waals surface area contributed by atoms with Gasteiger partial charge in [0.05, 0.1) is 10.7 Å². The lowest BCUT2D eigenvalue weighted by Gasteiger charge is -2.33. The number of rotatable bonds is 3. The molecule has 1 saturated carbocycles. The number of carbonyl (C=O) groups excluding carboxylic acids is 1. The largest absolute Gasteiger partial charge is 0.370 e. The fourth-order valence-corrected chi connectivity index (χ4v) is 2.92. The maximum absolute atomic E-state index is 11.4. The van der Waals surface area contributed by atoms with E-state index in [2.05, 4.69) is 11.9 Å². The summed E-state index contributed by atoms with van der Waals surface area (Å²) in [6.45, 7) is 1.59. The number of nitrogens with zero attached hydrogens (tertiary/aromatic N) is 1. The molecule has 0 radical (unpaired) electrons. The quantitative estimate of drug-likeness (QED) is 0.759. The molecule has 3 heteroatoms. The van der Waals surface area contributed by atoms with Crippen LogP contribution in [0.3, 0.4) is 0 Å². The van der Waals surface area contributed by atoms with Gasteiger partial charge in [-0.1, -0.05) is 30.9 Å². The van der Waals surface area contributed by atoms with Crippen LogP contribution < -0.4 is 4.90 Å². The van der Waals surface area contributed by atoms with E-state index in [1.165, 1.54) is 32.1 Å². The SMILES string of the molecule is CC(=O)c1ccc(Cl)c(N(C)C2CCCCC2)c1. The van der Waals surface area contributed by atoms with Crippen molar-refractivity contribution in [3.8, 4) is 0 Å². The van der Waals surface area contributed by atoms with E-state index in [9.17, 15) is 4.79 Å². The Morgan fingerprint density at radius 1 is 1.28 bits per heavy atom. The van der Waals surface area contributed by atoms with Crippen LogP contribution in [0.25, 0.3) is 0 Å². The van der Waals surface area contributed by atoms with Gasteiger partial charge >= 0.3 is 0 Å². The number of ketones is 1. The van der Waals surface area contributed by atoms with Gasteiger partial charge < -0.3 is 4.90 Å². The number of hydrogen-bond acceptors (Lipinski definition) is 2. The van der Waals surface area contributed by atoms with E-state index in [0.29, 0.717) is 6.04 Å². The molecule has 0 aliphatic heterocycles. The van der Waals surface area contributed by atoms with E-state index in [4.69, 9.17) is 11.6 Å². The van der Waals surface area contributed by atoms with E-state index in [1.807, 2.05) is 12.1 Å². The summed E-state index contributed by atoms with van der Waals surface area (Å²) in [5.41, 5.74) is 1.72. The van der Waals surface area contributed by atoms with E-state index < -0.39 is 0 Å². The number of carbonyl (C=O) groups is 1. The predicted molar refractivity (Wildman–Crippen MR) is 76.7 cm³/mol. The highest BCUT2D eigenvalue weighted by atomic mass is 35.5. The molecular formula is C15H20ClNO. The number of halogens is 1. The van der Waals surface area contributed by atoms with E-state index in [-0.39, 0.29) is 5.78 Å². The molecule has 18 heavy (non-hydrogen) atoms. The minimum absolute atomic E-state index is 0.0879. The van der Waals surface area contributed by atoms with Crippen LogP contribution >= 0.6 is 11.6 Å². The first-order valence-corrected chi connectivity index (χ1v) is 7.00. The summed E-state index contributed by atoms with van der Waals surface area (Å²) in [5, 5.41) is 0.730. The van der Waals surface area contributed by atoms with Crippen molar-refractivity contribution in [3.63, 3.8) is 0 Å². The zero-order valence-electron chi connectivity index (χ0n) is 11.1. The fraction of sp³-hybridized carbons (Fsp3) is 0.533. The Balaban J connectivity index is 2.25. The first-order valence-electron chi connectivity index (χ1n) is 6.63. The molecule has 98 valence electrons. The molecule has 2 rings (SSSR count). The Labute approximate surface area is 114 Å². The van der Waals surface area contributed by atoms with Crippen molar-refractivity contribution < 1.29 is 4.79 Å². The Hall–Kier alpha value is -1.02. The standard InChI is InChI=1S/C15H20ClNO/c1-11(18)12-8-9-14(16)15(10-12)17(2)13-6-4-3-5-7-13/h8-10,13H,3-7H2,1-2H3. The molecule has 1 fully saturated rings. The first-order chi connectivity index (χ1) is 8.59. The minimum atomic E-state index is 0.0879. The third kappa shape index (κ3) is 2.86. The highest BCUT2D eigenvalue weighted by Crippen LogP contribution is 2.31. The summed E-state index contributed by atoms with van der Waals surface area (Å²) in [5.74, 6) is 0.0879. The van der Waals surface area contributed by atoms with Crippen molar-refractivity contribution in [2.75, 3.05) is 11.9 Å². The monoisotopic (exact) mass is 265 g/mol. The summed E-state index contributed by atoms with van der Waals surface area (Å²) >= 11 is 6.26. The Bertz CT molecular complexity index is 438. The Morgan fingerprint density at radius 2 is 1.94 bits per heavy atom. The van der Waals surface area contributed by atoms with Gasteiger partial charge in [0.25, 0.3) is 0 Å². The van der Waals surface area contributed by atoms with Crippen LogP contribution in [0, 0.1) is 0 Å². The molecule has 1 aromatic rings. The van der Waals surface area contributed by atoms with Gasteiger partial charge in [0, 0.05) is 18.7 Å². The minimum Gasteiger partial charge on any atom is -0.370 e. The van der Waals surface area contributed by atoms with Gasteiger partial charge in [-0.05, 0) is 38.0 Å². The summed E-state index contributed by atoms with van der Waals surface area (Å²) in [6.07, 6.45) is 6.36. The molecule has 0 bridgehead atoms. The van der Waals surface area contributed by atoms with Crippen molar-refractivity contribution in [2.45, 2.75) is 45.1 Å². The smallest absolute Gasteiger partial charge is 0.159 e. The van der Waals surface area contributed by atoms with Crippen molar-refractivity contribution in [2.24, 2.45) is 0 Å². The molecule has 0 atom stereocenters. The summed E-state index contributed by atoms with van der Waals surface area (Å²) < 4.78 is 0. The maximum Gasteiger partial charge on any atom is 0.159 e. The van der Waals surface area contributed by atoms with Crippen LogP contribution in [-0.4, -0.2) is 18.9 Å². The van der Waals surface area contributed by atoms with Crippen LogP contribution in [0.1, 0.15) is 49.4 Å². The van der Waals surface area contributed by atoms with E-state index >= 15 is 0 Å². The van der Waals surface area contributed by atoms with Gasteiger partial charge in [0.2, 0.25) is 0 Å². The zero-order valence-corrected chi connectivity index (χ0v) is 11.8. The molecule has 0 aromatic heterocycles. The topological polar surface area (TPSA) is 20.3 Å². The van der Waals surface area contributed by atoms with Crippen LogP contribution in [0.5, 0.6) is 0 Å². The molecule has 0 amide bonds. The molecule has 1 aliphatic carbocycles. The second-order valence-electron chi connectivity index (χ2n) is 5.13. The van der Waals surface area contributed by atoms with Crippen LogP contribution in [0.2, 0.25) is 5.02 Å². The van der Waals surface area contributed by atoms with Crippen molar-refractivity contribution in [1.29, 1.82) is 0 Å². The van der Waals surface area contributed by atoms with Gasteiger partial charge in [-0.25, -0.2) is 0 Å². The van der Waals surface area contributed by atoms with E-state index in [0.717, 1.165) is 16.3 Å². The first kappa shape index (κ1) is 13.4. The van der Waals surface area contributed by atoms with Crippen LogP contribution in [0.15, 0.2) is 18.2 Å². The second-order valence-corrected chi connectivity index (χ2v) is 5.53. The predicted octanol–water partition coefficient (Wildman–Crippen LogP) is 4.31. The zero-order chi connectivity index (χ0) is 13.1. The van der Waals surface area contributed by atoms with Gasteiger partial charge in [0.15, 0.2) is 5.78 Å². The van der Waals surface area contributed by atoms with Crippen molar-refractivity contribution >= 4 is 23.1 Å². The average molecular weight is 266 g/mol. The molecule has 0 N–H and O–H groups in total. The molecule has 0 spiro atoms. The molecule has 1 aliphatic rings. The summed E-state index contributed by atoms with van der Waals surface area (Å²) in [6, 6.07) is 6.09. The average Bonchev–Trinajstić information content (AvgIpc) is 2.39. The number of Topliss-reactive ketones (excluding diaryl/α,β-unsaturated/α-hetero) is 1. The third-order valence-electron chi connectivity index (χ3n) is 3.86. The normalized spacial score (nSPS) is 16.6. The van der Waals surface area contributed by atoms with Crippen molar-refractivity contribution in [3.05, 3.63) is 28.8 Å². The van der Waals surface area contributed by atoms with Gasteiger partial charge in [-0.2, -0.15) is 0 Å².